The van der Waals surface area contributed by atoms with Crippen molar-refractivity contribution in [3.8, 4) is 0 Å². The second kappa shape index (κ2) is 19.4. The van der Waals surface area contributed by atoms with Crippen LogP contribution in [0.5, 0.6) is 0 Å². The molecule has 0 fully saturated rings. The number of unbranched alkanes of at least 4 members (excludes halogenated alkanes) is 5. The molecule has 0 aliphatic carbocycles. The topological polar surface area (TPSA) is 34.1 Å². The van der Waals surface area contributed by atoms with Gasteiger partial charge in [-0.3, -0.25) is 4.79 Å². The number of allylic oxidation sites excluding steroid dienone is 4. The largest absolute Gasteiger partial charge is 0.303 e. The number of hydrogen-bond donors (Lipinski definition) is 0. The Bertz CT molecular complexity index is 193. The molecule has 0 N–H and O–H groups in total. The Hall–Kier alpha value is -1.18. The Morgan fingerprint density at radius 2 is 1.56 bits per heavy atom. The lowest BCUT2D eigenvalue weighted by atomic mass is 10.1. The summed E-state index contributed by atoms with van der Waals surface area (Å²) in [5, 5.41) is 0. The van der Waals surface area contributed by atoms with E-state index >= 15 is 0 Å². The van der Waals surface area contributed by atoms with Gasteiger partial charge in [0, 0.05) is 6.42 Å². The number of hydrogen-bond acceptors (Lipinski definition) is 2. The van der Waals surface area contributed by atoms with Gasteiger partial charge in [0.1, 0.15) is 12.6 Å². The highest BCUT2D eigenvalue weighted by Gasteiger charge is 1.85. The molecule has 0 aliphatic heterocycles. The molecule has 0 atom stereocenters. The number of aldehydes is 2. The molecule has 0 saturated carbocycles. The second-order valence-electron chi connectivity index (χ2n) is 3.42. The molecule has 16 heavy (non-hydrogen) atoms. The Balaban J connectivity index is 0. The first kappa shape index (κ1) is 17.2. The molecule has 92 valence electrons. The van der Waals surface area contributed by atoms with E-state index in [1.54, 1.807) is 12.2 Å². The van der Waals surface area contributed by atoms with Crippen molar-refractivity contribution in [1.29, 1.82) is 0 Å². The lowest BCUT2D eigenvalue weighted by Crippen LogP contribution is -1.78. The summed E-state index contributed by atoms with van der Waals surface area (Å²) in [6, 6.07) is 0. The van der Waals surface area contributed by atoms with Crippen LogP contribution in [0.3, 0.4) is 0 Å². The first-order chi connectivity index (χ1) is 7.83. The van der Waals surface area contributed by atoms with Crippen LogP contribution in [-0.2, 0) is 9.59 Å². The van der Waals surface area contributed by atoms with E-state index in [0.717, 1.165) is 25.4 Å². The van der Waals surface area contributed by atoms with Gasteiger partial charge in [0.25, 0.3) is 0 Å². The smallest absolute Gasteiger partial charge is 0.142 e. The fourth-order valence-electron chi connectivity index (χ4n) is 1.05. The SMILES string of the molecule is CC=CC=CC=O.CCCCCCCC=O. The van der Waals surface area contributed by atoms with Gasteiger partial charge in [-0.2, -0.15) is 0 Å². The molecular weight excluding hydrogens is 200 g/mol. The standard InChI is InChI=1S/C8H16O.C6H8O/c1-2-3-4-5-6-7-8-9;1-2-3-4-5-6-7/h8H,2-7H2,1H3;2-6H,1H3. The molecule has 0 unspecified atom stereocenters. The molecule has 0 aliphatic rings. The molecule has 0 aromatic rings. The molecule has 0 amide bonds. The molecule has 2 nitrogen and oxygen atoms in total. The fraction of sp³-hybridized carbons (Fsp3) is 0.571. The van der Waals surface area contributed by atoms with E-state index in [4.69, 9.17) is 0 Å². The third-order valence-electron chi connectivity index (χ3n) is 1.92. The summed E-state index contributed by atoms with van der Waals surface area (Å²) in [6.45, 7) is 4.09. The van der Waals surface area contributed by atoms with Crippen LogP contribution in [0, 0.1) is 0 Å². The zero-order valence-corrected chi connectivity index (χ0v) is 10.5. The van der Waals surface area contributed by atoms with E-state index in [9.17, 15) is 9.59 Å². The Labute approximate surface area is 99.4 Å². The van der Waals surface area contributed by atoms with Gasteiger partial charge in [-0.25, -0.2) is 0 Å². The van der Waals surface area contributed by atoms with E-state index in [-0.39, 0.29) is 0 Å². The average Bonchev–Trinajstić information content (AvgIpc) is 2.31. The maximum absolute atomic E-state index is 9.84. The average molecular weight is 224 g/mol. The second-order valence-corrected chi connectivity index (χ2v) is 3.42. The molecule has 0 aromatic carbocycles. The normalized spacial score (nSPS) is 10.1. The molecule has 0 heterocycles. The van der Waals surface area contributed by atoms with Gasteiger partial charge in [-0.05, 0) is 19.4 Å². The van der Waals surface area contributed by atoms with E-state index in [1.165, 1.54) is 31.8 Å². The zero-order chi connectivity index (χ0) is 12.5. The number of carbonyl (C=O) groups excluding carboxylic acids is 2. The van der Waals surface area contributed by atoms with Crippen molar-refractivity contribution < 1.29 is 9.59 Å². The van der Waals surface area contributed by atoms with Crippen molar-refractivity contribution >= 4 is 12.6 Å². The maximum atomic E-state index is 9.84. The quantitative estimate of drug-likeness (QED) is 0.271. The lowest BCUT2D eigenvalue weighted by molar-refractivity contribution is -0.108. The summed E-state index contributed by atoms with van der Waals surface area (Å²) < 4.78 is 0. The molecule has 0 bridgehead atoms. The summed E-state index contributed by atoms with van der Waals surface area (Å²) in [5.74, 6) is 0. The Morgan fingerprint density at radius 1 is 0.875 bits per heavy atom. The molecule has 2 heteroatoms. The van der Waals surface area contributed by atoms with Crippen LogP contribution >= 0.6 is 0 Å². The highest BCUT2D eigenvalue weighted by atomic mass is 16.1. The van der Waals surface area contributed by atoms with Crippen molar-refractivity contribution in [2.75, 3.05) is 0 Å². The highest BCUT2D eigenvalue weighted by molar-refractivity contribution is 5.65. The van der Waals surface area contributed by atoms with E-state index < -0.39 is 0 Å². The van der Waals surface area contributed by atoms with Crippen LogP contribution in [-0.4, -0.2) is 12.6 Å². The van der Waals surface area contributed by atoms with Gasteiger partial charge in [0.05, 0.1) is 0 Å². The summed E-state index contributed by atoms with van der Waals surface area (Å²) in [7, 11) is 0. The summed E-state index contributed by atoms with van der Waals surface area (Å²) >= 11 is 0. The van der Waals surface area contributed by atoms with Crippen molar-refractivity contribution in [2.45, 2.75) is 52.4 Å². The van der Waals surface area contributed by atoms with Crippen molar-refractivity contribution in [2.24, 2.45) is 0 Å². The minimum Gasteiger partial charge on any atom is -0.303 e. The van der Waals surface area contributed by atoms with Crippen molar-refractivity contribution in [3.05, 3.63) is 24.3 Å². The van der Waals surface area contributed by atoms with Gasteiger partial charge >= 0.3 is 0 Å². The summed E-state index contributed by atoms with van der Waals surface area (Å²) in [6.07, 6.45) is 15.5. The minimum atomic E-state index is 0.750. The fourth-order valence-corrected chi connectivity index (χ4v) is 1.05. The summed E-state index contributed by atoms with van der Waals surface area (Å²) in [5.41, 5.74) is 0. The van der Waals surface area contributed by atoms with Crippen molar-refractivity contribution in [3.63, 3.8) is 0 Å². The van der Waals surface area contributed by atoms with Gasteiger partial charge in [-0.15, -0.1) is 0 Å². The monoisotopic (exact) mass is 224 g/mol. The van der Waals surface area contributed by atoms with Crippen LogP contribution in [0.15, 0.2) is 24.3 Å². The van der Waals surface area contributed by atoms with E-state index in [1.807, 2.05) is 13.0 Å². The van der Waals surface area contributed by atoms with E-state index in [0.29, 0.717) is 0 Å². The van der Waals surface area contributed by atoms with Gasteiger partial charge in [-0.1, -0.05) is 50.8 Å². The van der Waals surface area contributed by atoms with Gasteiger partial charge in [0.15, 0.2) is 0 Å². The van der Waals surface area contributed by atoms with Crippen LogP contribution in [0.1, 0.15) is 52.4 Å². The van der Waals surface area contributed by atoms with Crippen molar-refractivity contribution in [1.82, 2.24) is 0 Å². The Kier molecular flexibility index (Phi) is 20.9. The van der Waals surface area contributed by atoms with Gasteiger partial charge < -0.3 is 4.79 Å². The molecular formula is C14H24O2. The van der Waals surface area contributed by atoms with E-state index in [2.05, 4.69) is 6.92 Å². The van der Waals surface area contributed by atoms with Crippen LogP contribution in [0.4, 0.5) is 0 Å². The lowest BCUT2D eigenvalue weighted by Gasteiger charge is -1.93. The summed E-state index contributed by atoms with van der Waals surface area (Å²) in [4.78, 5) is 19.4. The molecule has 0 rings (SSSR count). The Morgan fingerprint density at radius 3 is 2.06 bits per heavy atom. The zero-order valence-electron chi connectivity index (χ0n) is 10.5. The molecule has 0 spiro atoms. The number of carbonyl (C=O) groups is 2. The molecule has 0 saturated heterocycles. The predicted octanol–water partition coefficient (Wildman–Crippen LogP) is 3.86. The van der Waals surface area contributed by atoms with Crippen LogP contribution < -0.4 is 0 Å². The predicted molar refractivity (Wildman–Crippen MR) is 69.5 cm³/mol. The van der Waals surface area contributed by atoms with Crippen LogP contribution in [0.25, 0.3) is 0 Å². The minimum absolute atomic E-state index is 0.750. The third kappa shape index (κ3) is 23.0. The first-order valence-electron chi connectivity index (χ1n) is 6.00. The first-order valence-corrected chi connectivity index (χ1v) is 6.00. The molecule has 0 aromatic heterocycles. The molecule has 0 radical (unpaired) electrons. The van der Waals surface area contributed by atoms with Crippen LogP contribution in [0.2, 0.25) is 0 Å². The maximum Gasteiger partial charge on any atom is 0.142 e. The van der Waals surface area contributed by atoms with Gasteiger partial charge in [0.2, 0.25) is 0 Å². The highest BCUT2D eigenvalue weighted by Crippen LogP contribution is 2.02. The third-order valence-corrected chi connectivity index (χ3v) is 1.92. The number of rotatable bonds is 8.